The van der Waals surface area contributed by atoms with Crippen molar-refractivity contribution in [2.45, 2.75) is 45.2 Å². The van der Waals surface area contributed by atoms with Crippen LogP contribution < -0.4 is 11.1 Å². The van der Waals surface area contributed by atoms with E-state index >= 15 is 0 Å². The largest absolute Gasteiger partial charge is 0.419 e. The van der Waals surface area contributed by atoms with Gasteiger partial charge in [-0.1, -0.05) is 18.0 Å². The van der Waals surface area contributed by atoms with Crippen LogP contribution in [0.5, 0.6) is 0 Å². The first-order valence-corrected chi connectivity index (χ1v) is 11.1. The molecule has 9 heteroatoms. The third-order valence-corrected chi connectivity index (χ3v) is 5.96. The number of carbonyl (C=O) groups excluding carboxylic acids is 1. The Morgan fingerprint density at radius 1 is 1.09 bits per heavy atom. The molecule has 0 unspecified atom stereocenters. The van der Waals surface area contributed by atoms with E-state index in [0.29, 0.717) is 21.8 Å². The Balaban J connectivity index is 1.25. The molecular formula is C23H22ClN5O3. The number of fused-ring (bicyclic) bond motifs is 2. The first-order chi connectivity index (χ1) is 15.6. The molecule has 0 radical (unpaired) electrons. The third kappa shape index (κ3) is 4.05. The summed E-state index contributed by atoms with van der Waals surface area (Å²) in [6, 6.07) is 12.6. The highest BCUT2D eigenvalue weighted by atomic mass is 35.5. The number of aromatic nitrogens is 4. The number of carbonyl (C=O) groups is 1. The van der Waals surface area contributed by atoms with Crippen molar-refractivity contribution in [1.82, 2.24) is 19.3 Å². The van der Waals surface area contributed by atoms with E-state index in [1.54, 1.807) is 18.2 Å². The average molecular weight is 452 g/mol. The lowest BCUT2D eigenvalue weighted by Crippen LogP contribution is -2.19. The summed E-state index contributed by atoms with van der Waals surface area (Å²) >= 11 is 5.94. The summed E-state index contributed by atoms with van der Waals surface area (Å²) in [5, 5.41) is 12.1. The number of amides is 1. The molecule has 0 bridgehead atoms. The Morgan fingerprint density at radius 3 is 2.78 bits per heavy atom. The van der Waals surface area contributed by atoms with Crippen LogP contribution in [0.3, 0.4) is 0 Å². The summed E-state index contributed by atoms with van der Waals surface area (Å²) in [5.41, 5.74) is 2.68. The molecule has 0 aliphatic carbocycles. The van der Waals surface area contributed by atoms with Gasteiger partial charge in [0.25, 0.3) is 0 Å². The summed E-state index contributed by atoms with van der Waals surface area (Å²) in [4.78, 5) is 24.6. The molecule has 0 spiro atoms. The maximum Gasteiger partial charge on any atom is 0.419 e. The molecule has 8 nitrogen and oxygen atoms in total. The fourth-order valence-electron chi connectivity index (χ4n) is 4.09. The van der Waals surface area contributed by atoms with Gasteiger partial charge in [0.05, 0.1) is 5.52 Å². The van der Waals surface area contributed by atoms with Crippen LogP contribution in [0.4, 0.5) is 5.69 Å². The standard InChI is InChI=1S/C23H22ClN5O3/c24-16-7-10-18-19(14-16)32-23(31)28(18)13-11-21(30)25-17-8-5-15(6-9-17)22-27-26-20-4-2-1-3-12-29(20)22/h5-10,14H,1-4,11-13H2,(H,25,30). The van der Waals surface area contributed by atoms with Gasteiger partial charge < -0.3 is 14.3 Å². The average Bonchev–Trinajstić information content (AvgIpc) is 3.22. The van der Waals surface area contributed by atoms with Crippen molar-refractivity contribution in [3.63, 3.8) is 0 Å². The fraction of sp³-hybridized carbons (Fsp3) is 0.304. The highest BCUT2D eigenvalue weighted by molar-refractivity contribution is 6.31. The smallest absolute Gasteiger partial charge is 0.408 e. The van der Waals surface area contributed by atoms with Crippen LogP contribution in [0, 0.1) is 0 Å². The molecule has 164 valence electrons. The molecule has 0 saturated heterocycles. The van der Waals surface area contributed by atoms with Gasteiger partial charge in [-0.15, -0.1) is 10.2 Å². The molecule has 0 fully saturated rings. The molecule has 1 aliphatic heterocycles. The van der Waals surface area contributed by atoms with Gasteiger partial charge in [-0.2, -0.15) is 0 Å². The van der Waals surface area contributed by atoms with Crippen LogP contribution in [-0.2, 0) is 24.3 Å². The molecule has 32 heavy (non-hydrogen) atoms. The van der Waals surface area contributed by atoms with E-state index in [0.717, 1.165) is 43.0 Å². The van der Waals surface area contributed by atoms with Gasteiger partial charge in [-0.25, -0.2) is 4.79 Å². The van der Waals surface area contributed by atoms with Gasteiger partial charge in [0.15, 0.2) is 11.4 Å². The summed E-state index contributed by atoms with van der Waals surface area (Å²) in [6.45, 7) is 1.15. The van der Waals surface area contributed by atoms with E-state index in [1.807, 2.05) is 24.3 Å². The van der Waals surface area contributed by atoms with E-state index in [1.165, 1.54) is 11.0 Å². The minimum absolute atomic E-state index is 0.136. The molecule has 0 saturated carbocycles. The second-order valence-corrected chi connectivity index (χ2v) is 8.35. The summed E-state index contributed by atoms with van der Waals surface area (Å²) in [5.74, 6) is 1.21. The normalized spacial score (nSPS) is 13.7. The van der Waals surface area contributed by atoms with Gasteiger partial charge in [-0.3, -0.25) is 9.36 Å². The first-order valence-electron chi connectivity index (χ1n) is 10.7. The number of aryl methyl sites for hydroxylation is 2. The SMILES string of the molecule is O=C(CCn1c(=O)oc2cc(Cl)ccc21)Nc1ccc(-c2nnc3n2CCCCC3)cc1. The molecule has 1 aliphatic rings. The van der Waals surface area contributed by atoms with Gasteiger partial charge in [-0.05, 0) is 49.2 Å². The quantitative estimate of drug-likeness (QED) is 0.489. The third-order valence-electron chi connectivity index (χ3n) is 5.73. The molecule has 2 aromatic carbocycles. The van der Waals surface area contributed by atoms with Gasteiger partial charge in [0, 0.05) is 48.3 Å². The van der Waals surface area contributed by atoms with Crippen molar-refractivity contribution in [2.24, 2.45) is 0 Å². The molecule has 0 atom stereocenters. The molecular weight excluding hydrogens is 430 g/mol. The van der Waals surface area contributed by atoms with Gasteiger partial charge >= 0.3 is 5.76 Å². The number of nitrogens with one attached hydrogen (secondary N) is 1. The molecule has 5 rings (SSSR count). The fourth-order valence-corrected chi connectivity index (χ4v) is 4.25. The van der Waals surface area contributed by atoms with Crippen molar-refractivity contribution in [3.8, 4) is 11.4 Å². The topological polar surface area (TPSA) is 94.9 Å². The van der Waals surface area contributed by atoms with E-state index < -0.39 is 5.76 Å². The second kappa shape index (κ2) is 8.63. The summed E-state index contributed by atoms with van der Waals surface area (Å²) in [6.07, 6.45) is 4.59. The first kappa shape index (κ1) is 20.5. The Bertz CT molecular complexity index is 1340. The van der Waals surface area contributed by atoms with Gasteiger partial charge in [0.2, 0.25) is 5.91 Å². The number of hydrogen-bond acceptors (Lipinski definition) is 5. The Morgan fingerprint density at radius 2 is 1.94 bits per heavy atom. The zero-order chi connectivity index (χ0) is 22.1. The van der Waals surface area contributed by atoms with Crippen molar-refractivity contribution in [2.75, 3.05) is 5.32 Å². The van der Waals surface area contributed by atoms with Crippen LogP contribution in [-0.4, -0.2) is 25.2 Å². The molecule has 1 amide bonds. The van der Waals surface area contributed by atoms with Crippen LogP contribution in [0.25, 0.3) is 22.5 Å². The molecule has 3 heterocycles. The molecule has 4 aromatic rings. The van der Waals surface area contributed by atoms with Gasteiger partial charge in [0.1, 0.15) is 5.82 Å². The van der Waals surface area contributed by atoms with E-state index in [2.05, 4.69) is 20.1 Å². The molecule has 1 N–H and O–H groups in total. The van der Waals surface area contributed by atoms with Crippen LogP contribution in [0.15, 0.2) is 51.7 Å². The zero-order valence-corrected chi connectivity index (χ0v) is 18.1. The van der Waals surface area contributed by atoms with E-state index in [-0.39, 0.29) is 18.9 Å². The predicted molar refractivity (Wildman–Crippen MR) is 122 cm³/mol. The Kier molecular flexibility index (Phi) is 5.53. The summed E-state index contributed by atoms with van der Waals surface area (Å²) < 4.78 is 8.84. The number of hydrogen-bond donors (Lipinski definition) is 1. The zero-order valence-electron chi connectivity index (χ0n) is 17.4. The number of nitrogens with zero attached hydrogens (tertiary/aromatic N) is 4. The van der Waals surface area contributed by atoms with Crippen LogP contribution in [0.2, 0.25) is 5.02 Å². The van der Waals surface area contributed by atoms with Crippen molar-refractivity contribution >= 4 is 34.3 Å². The number of rotatable bonds is 5. The maximum atomic E-state index is 12.4. The second-order valence-electron chi connectivity index (χ2n) is 7.91. The lowest BCUT2D eigenvalue weighted by Gasteiger charge is -2.09. The van der Waals surface area contributed by atoms with Crippen molar-refractivity contribution in [1.29, 1.82) is 0 Å². The predicted octanol–water partition coefficient (Wildman–Crippen LogP) is 4.26. The lowest BCUT2D eigenvalue weighted by molar-refractivity contribution is -0.116. The van der Waals surface area contributed by atoms with Crippen molar-refractivity contribution in [3.05, 3.63) is 63.9 Å². The Hall–Kier alpha value is -3.39. The monoisotopic (exact) mass is 451 g/mol. The highest BCUT2D eigenvalue weighted by Gasteiger charge is 2.16. The minimum Gasteiger partial charge on any atom is -0.408 e. The molecule has 2 aromatic heterocycles. The minimum atomic E-state index is -0.508. The number of oxazole rings is 1. The van der Waals surface area contributed by atoms with Crippen LogP contribution >= 0.6 is 11.6 Å². The highest BCUT2D eigenvalue weighted by Crippen LogP contribution is 2.24. The van der Waals surface area contributed by atoms with Crippen LogP contribution in [0.1, 0.15) is 31.5 Å². The van der Waals surface area contributed by atoms with E-state index in [9.17, 15) is 9.59 Å². The van der Waals surface area contributed by atoms with Crippen molar-refractivity contribution < 1.29 is 9.21 Å². The maximum absolute atomic E-state index is 12.4. The van der Waals surface area contributed by atoms with E-state index in [4.69, 9.17) is 16.0 Å². The Labute approximate surface area is 188 Å². The summed E-state index contributed by atoms with van der Waals surface area (Å²) in [7, 11) is 0. The lowest BCUT2D eigenvalue weighted by atomic mass is 10.2. The number of halogens is 1. The number of benzene rings is 2. The number of anilines is 1.